The summed E-state index contributed by atoms with van der Waals surface area (Å²) in [7, 11) is 0. The van der Waals surface area contributed by atoms with E-state index in [0.29, 0.717) is 17.0 Å². The number of halogens is 1. The lowest BCUT2D eigenvalue weighted by Crippen LogP contribution is -2.04. The largest absolute Gasteiger partial charge is 0.294 e. The van der Waals surface area contributed by atoms with Crippen molar-refractivity contribution in [2.75, 3.05) is 0 Å². The molecule has 0 aliphatic carbocycles. The molecule has 0 aliphatic heterocycles. The molecule has 0 unspecified atom stereocenters. The van der Waals surface area contributed by atoms with E-state index in [1.807, 2.05) is 85.8 Å². The van der Waals surface area contributed by atoms with Gasteiger partial charge in [0.15, 0.2) is 5.78 Å². The van der Waals surface area contributed by atoms with Crippen LogP contribution in [0.15, 0.2) is 93.6 Å². The summed E-state index contributed by atoms with van der Waals surface area (Å²) in [5.41, 5.74) is 2.30. The number of ketones is 1. The van der Waals surface area contributed by atoms with Crippen molar-refractivity contribution in [3.05, 3.63) is 89.4 Å². The number of carbonyl (C=O) groups excluding carboxylic acids is 1. The Labute approximate surface area is 162 Å². The van der Waals surface area contributed by atoms with Gasteiger partial charge in [0.25, 0.3) is 0 Å². The molecule has 0 N–H and O–H groups in total. The number of nitrogens with zero attached hydrogens (tertiary/aromatic N) is 1. The zero-order chi connectivity index (χ0) is 18.4. The topological polar surface area (TPSA) is 29.4 Å². The first-order chi connectivity index (χ1) is 12.6. The van der Waals surface area contributed by atoms with Gasteiger partial charge in [-0.2, -0.15) is 0 Å². The second-order valence-corrected chi connectivity index (χ2v) is 7.39. The molecule has 0 atom stereocenters. The van der Waals surface area contributed by atoms with Gasteiger partial charge in [-0.15, -0.1) is 0 Å². The van der Waals surface area contributed by atoms with Crippen LogP contribution in [0.1, 0.15) is 23.7 Å². The smallest absolute Gasteiger partial charge is 0.168 e. The number of Topliss-reactive ketones (excluding diaryl/α,β-unsaturated/α-hetero) is 1. The summed E-state index contributed by atoms with van der Waals surface area (Å²) in [5.74, 6) is 0.0677. The van der Waals surface area contributed by atoms with Crippen LogP contribution in [0.25, 0.3) is 0 Å². The van der Waals surface area contributed by atoms with E-state index >= 15 is 0 Å². The molecule has 3 aromatic carbocycles. The fourth-order valence-corrected chi connectivity index (χ4v) is 3.67. The van der Waals surface area contributed by atoms with E-state index in [2.05, 4.69) is 4.99 Å². The van der Waals surface area contributed by atoms with E-state index < -0.39 is 0 Å². The second kappa shape index (κ2) is 8.84. The van der Waals surface area contributed by atoms with Gasteiger partial charge < -0.3 is 0 Å². The molecule has 130 valence electrons. The highest BCUT2D eigenvalue weighted by molar-refractivity contribution is 7.99. The molecule has 0 saturated heterocycles. The van der Waals surface area contributed by atoms with Crippen LogP contribution in [0.2, 0.25) is 5.02 Å². The van der Waals surface area contributed by atoms with Crippen LogP contribution >= 0.6 is 23.4 Å². The predicted octanol–water partition coefficient (Wildman–Crippen LogP) is 6.86. The molecular weight excluding hydrogens is 362 g/mol. The van der Waals surface area contributed by atoms with Crippen LogP contribution in [0.4, 0.5) is 5.69 Å². The number of aliphatic imine (C=N–C) groups is 1. The first-order valence-electron chi connectivity index (χ1n) is 8.27. The second-order valence-electron chi connectivity index (χ2n) is 5.84. The molecule has 0 saturated carbocycles. The summed E-state index contributed by atoms with van der Waals surface area (Å²) < 4.78 is 0. The van der Waals surface area contributed by atoms with Crippen molar-refractivity contribution in [3.8, 4) is 0 Å². The van der Waals surface area contributed by atoms with Gasteiger partial charge in [0.05, 0.1) is 5.69 Å². The van der Waals surface area contributed by atoms with Crippen LogP contribution < -0.4 is 0 Å². The molecule has 0 aliphatic rings. The normalized spacial score (nSPS) is 11.4. The summed E-state index contributed by atoms with van der Waals surface area (Å²) in [5, 5.41) is 0.667. The molecule has 3 aromatic rings. The summed E-state index contributed by atoms with van der Waals surface area (Å²) in [6.07, 6.45) is 0.294. The third-order valence-electron chi connectivity index (χ3n) is 3.72. The van der Waals surface area contributed by atoms with Crippen molar-refractivity contribution < 1.29 is 4.79 Å². The maximum absolute atomic E-state index is 12.4. The van der Waals surface area contributed by atoms with E-state index in [-0.39, 0.29) is 5.78 Å². The van der Waals surface area contributed by atoms with E-state index in [0.717, 1.165) is 21.2 Å². The molecule has 26 heavy (non-hydrogen) atoms. The molecule has 0 spiro atoms. The van der Waals surface area contributed by atoms with E-state index in [9.17, 15) is 4.79 Å². The number of rotatable bonds is 6. The number of benzene rings is 3. The van der Waals surface area contributed by atoms with Gasteiger partial charge in [-0.1, -0.05) is 71.9 Å². The van der Waals surface area contributed by atoms with Crippen molar-refractivity contribution in [1.29, 1.82) is 0 Å². The van der Waals surface area contributed by atoms with Gasteiger partial charge in [0.1, 0.15) is 0 Å². The van der Waals surface area contributed by atoms with E-state index in [4.69, 9.17) is 11.6 Å². The zero-order valence-corrected chi connectivity index (χ0v) is 15.9. The van der Waals surface area contributed by atoms with Crippen LogP contribution in [0.3, 0.4) is 0 Å². The van der Waals surface area contributed by atoms with Gasteiger partial charge in [-0.25, -0.2) is 0 Å². The van der Waals surface area contributed by atoms with Crippen molar-refractivity contribution >= 4 is 40.5 Å². The van der Waals surface area contributed by atoms with Gasteiger partial charge in [0.2, 0.25) is 0 Å². The highest BCUT2D eigenvalue weighted by Gasteiger charge is 2.09. The Morgan fingerprint density at radius 1 is 0.962 bits per heavy atom. The first-order valence-corrected chi connectivity index (χ1v) is 9.46. The number of hydrogen-bond donors (Lipinski definition) is 0. The van der Waals surface area contributed by atoms with Crippen LogP contribution in [0.5, 0.6) is 0 Å². The predicted molar refractivity (Wildman–Crippen MR) is 110 cm³/mol. The third kappa shape index (κ3) is 5.07. The standard InChI is InChI=1S/C22H18ClNOS/c1-16(14-21(25)17-8-4-2-5-9-17)24-20-13-12-18(23)15-22(20)26-19-10-6-3-7-11-19/h2-13,15H,14H2,1H3. The Morgan fingerprint density at radius 3 is 2.31 bits per heavy atom. The number of hydrogen-bond acceptors (Lipinski definition) is 3. The Kier molecular flexibility index (Phi) is 6.26. The molecule has 0 amide bonds. The average molecular weight is 380 g/mol. The monoisotopic (exact) mass is 379 g/mol. The van der Waals surface area contributed by atoms with Gasteiger partial charge in [-0.05, 0) is 37.3 Å². The Balaban J connectivity index is 1.82. The highest BCUT2D eigenvalue weighted by atomic mass is 35.5. The Bertz CT molecular complexity index is 923. The highest BCUT2D eigenvalue weighted by Crippen LogP contribution is 2.37. The molecule has 0 heterocycles. The molecule has 0 fully saturated rings. The van der Waals surface area contributed by atoms with Gasteiger partial charge in [0, 0.05) is 32.5 Å². The summed E-state index contributed by atoms with van der Waals surface area (Å²) >= 11 is 7.78. The van der Waals surface area contributed by atoms with Gasteiger partial charge >= 0.3 is 0 Å². The van der Waals surface area contributed by atoms with Crippen molar-refractivity contribution in [3.63, 3.8) is 0 Å². The molecule has 0 radical (unpaired) electrons. The van der Waals surface area contributed by atoms with E-state index in [1.54, 1.807) is 11.8 Å². The zero-order valence-electron chi connectivity index (χ0n) is 14.4. The molecule has 3 rings (SSSR count). The maximum atomic E-state index is 12.4. The summed E-state index contributed by atoms with van der Waals surface area (Å²) in [6, 6.07) is 25.0. The minimum Gasteiger partial charge on any atom is -0.294 e. The lowest BCUT2D eigenvalue weighted by molar-refractivity contribution is 0.100. The quantitative estimate of drug-likeness (QED) is 0.346. The molecule has 0 bridgehead atoms. The Morgan fingerprint density at radius 2 is 1.62 bits per heavy atom. The van der Waals surface area contributed by atoms with Crippen LogP contribution in [-0.2, 0) is 0 Å². The van der Waals surface area contributed by atoms with Gasteiger partial charge in [-0.3, -0.25) is 9.79 Å². The molecule has 4 heteroatoms. The maximum Gasteiger partial charge on any atom is 0.168 e. The molecular formula is C22H18ClNOS. The third-order valence-corrected chi connectivity index (χ3v) is 5.01. The lowest BCUT2D eigenvalue weighted by atomic mass is 10.1. The van der Waals surface area contributed by atoms with Crippen molar-refractivity contribution in [1.82, 2.24) is 0 Å². The van der Waals surface area contributed by atoms with Crippen molar-refractivity contribution in [2.24, 2.45) is 4.99 Å². The average Bonchev–Trinajstić information content (AvgIpc) is 2.65. The number of carbonyl (C=O) groups is 1. The summed E-state index contributed by atoms with van der Waals surface area (Å²) in [6.45, 7) is 1.88. The SMILES string of the molecule is CC(CC(=O)c1ccccc1)=Nc1ccc(Cl)cc1Sc1ccccc1. The minimum absolute atomic E-state index is 0.0677. The first kappa shape index (κ1) is 18.4. The minimum atomic E-state index is 0.0677. The fraction of sp³-hybridized carbons (Fsp3) is 0.0909. The van der Waals surface area contributed by atoms with Crippen LogP contribution in [-0.4, -0.2) is 11.5 Å². The lowest BCUT2D eigenvalue weighted by Gasteiger charge is -2.08. The molecule has 2 nitrogen and oxygen atoms in total. The van der Waals surface area contributed by atoms with E-state index in [1.165, 1.54) is 0 Å². The fourth-order valence-electron chi connectivity index (χ4n) is 2.48. The molecule has 0 aromatic heterocycles. The Hall–Kier alpha value is -2.36. The van der Waals surface area contributed by atoms with Crippen LogP contribution in [0, 0.1) is 0 Å². The van der Waals surface area contributed by atoms with Crippen molar-refractivity contribution in [2.45, 2.75) is 23.1 Å². The summed E-state index contributed by atoms with van der Waals surface area (Å²) in [4.78, 5) is 19.1.